The van der Waals surface area contributed by atoms with Gasteiger partial charge in [-0.05, 0) is 25.2 Å². The van der Waals surface area contributed by atoms with Gasteiger partial charge in [0.15, 0.2) is 0 Å². The molecule has 0 saturated heterocycles. The quantitative estimate of drug-likeness (QED) is 0.384. The molecule has 0 aromatic rings. The summed E-state index contributed by atoms with van der Waals surface area (Å²) in [6.45, 7) is 6.91. The molecule has 1 unspecified atom stereocenters. The van der Waals surface area contributed by atoms with Gasteiger partial charge in [-0.2, -0.15) is 0 Å². The first kappa shape index (κ1) is 21.5. The Morgan fingerprint density at radius 3 is 2.48 bits per heavy atom. The minimum atomic E-state index is -0.870. The monoisotopic (exact) mass is 350 g/mol. The Hall–Kier alpha value is -1.58. The van der Waals surface area contributed by atoms with E-state index in [1.807, 2.05) is 6.92 Å². The van der Waals surface area contributed by atoms with Crippen LogP contribution in [0.2, 0.25) is 0 Å². The van der Waals surface area contributed by atoms with Crippen LogP contribution in [-0.2, 0) is 14.3 Å². The molecule has 0 amide bonds. The summed E-state index contributed by atoms with van der Waals surface area (Å²) in [5.41, 5.74) is -0.393. The number of rotatable bonds is 12. The molecule has 4 nitrogen and oxygen atoms in total. The van der Waals surface area contributed by atoms with Gasteiger partial charge in [0.1, 0.15) is 0 Å². The molecular weight excluding hydrogens is 316 g/mol. The van der Waals surface area contributed by atoms with E-state index in [0.29, 0.717) is 25.0 Å². The van der Waals surface area contributed by atoms with Gasteiger partial charge in [0.05, 0.1) is 17.6 Å². The topological polar surface area (TPSA) is 63.6 Å². The number of unbranched alkanes of at least 4 members (excludes halogenated alkanes) is 4. The second-order valence-electron chi connectivity index (χ2n) is 7.49. The van der Waals surface area contributed by atoms with Crippen molar-refractivity contribution >= 4 is 11.9 Å². The van der Waals surface area contributed by atoms with Crippen LogP contribution < -0.4 is 0 Å². The summed E-state index contributed by atoms with van der Waals surface area (Å²) < 4.78 is 5.19. The standard InChI is InChI=1S/C21H34O4/c1-4-5-16-25-19(22)18-11-14-21(15-12-18,20(23)24)13-9-7-6-8-10-17(2)3/h11-12,14,17H,4-10,13,15-16H2,1-3H3,(H,23,24). The maximum absolute atomic E-state index is 12.0. The predicted octanol–water partition coefficient (Wildman–Crippen LogP) is 5.28. The molecule has 1 aliphatic carbocycles. The van der Waals surface area contributed by atoms with Crippen molar-refractivity contribution in [2.75, 3.05) is 6.61 Å². The second-order valence-corrected chi connectivity index (χ2v) is 7.49. The van der Waals surface area contributed by atoms with Crippen LogP contribution in [0.25, 0.3) is 0 Å². The van der Waals surface area contributed by atoms with Crippen molar-refractivity contribution in [1.29, 1.82) is 0 Å². The largest absolute Gasteiger partial charge is 0.481 e. The molecule has 4 heteroatoms. The molecule has 0 saturated carbocycles. The summed E-state index contributed by atoms with van der Waals surface area (Å²) in [5, 5.41) is 9.67. The molecular formula is C21H34O4. The Morgan fingerprint density at radius 2 is 1.92 bits per heavy atom. The highest BCUT2D eigenvalue weighted by atomic mass is 16.5. The number of allylic oxidation sites excluding steroid dienone is 1. The van der Waals surface area contributed by atoms with Gasteiger partial charge in [0.2, 0.25) is 0 Å². The maximum Gasteiger partial charge on any atom is 0.337 e. The van der Waals surface area contributed by atoms with Crippen molar-refractivity contribution in [2.24, 2.45) is 11.3 Å². The molecule has 25 heavy (non-hydrogen) atoms. The Bertz CT molecular complexity index is 490. The molecule has 0 aromatic carbocycles. The van der Waals surface area contributed by atoms with Gasteiger partial charge in [0.25, 0.3) is 0 Å². The SMILES string of the molecule is CCCCOC(=O)C1=CCC(CCCCCCC(C)C)(C(=O)O)C=C1. The van der Waals surface area contributed by atoms with Crippen LogP contribution in [-0.4, -0.2) is 23.7 Å². The van der Waals surface area contributed by atoms with Crippen LogP contribution in [0, 0.1) is 11.3 Å². The highest BCUT2D eigenvalue weighted by molar-refractivity contribution is 5.93. The molecule has 0 radical (unpaired) electrons. The van der Waals surface area contributed by atoms with Gasteiger partial charge < -0.3 is 9.84 Å². The average Bonchev–Trinajstić information content (AvgIpc) is 2.58. The van der Waals surface area contributed by atoms with Crippen molar-refractivity contribution in [2.45, 2.75) is 78.6 Å². The number of hydrogen-bond acceptors (Lipinski definition) is 3. The maximum atomic E-state index is 12.0. The molecule has 0 aromatic heterocycles. The van der Waals surface area contributed by atoms with E-state index in [1.165, 1.54) is 12.8 Å². The zero-order chi connectivity index (χ0) is 18.7. The van der Waals surface area contributed by atoms with Crippen molar-refractivity contribution in [1.82, 2.24) is 0 Å². The average molecular weight is 350 g/mol. The smallest absolute Gasteiger partial charge is 0.337 e. The van der Waals surface area contributed by atoms with Crippen LogP contribution >= 0.6 is 0 Å². The number of carboxylic acids is 1. The fourth-order valence-electron chi connectivity index (χ4n) is 3.02. The zero-order valence-corrected chi connectivity index (χ0v) is 16.1. The van der Waals surface area contributed by atoms with E-state index in [2.05, 4.69) is 13.8 Å². The molecule has 0 heterocycles. The van der Waals surface area contributed by atoms with Crippen LogP contribution in [0.4, 0.5) is 0 Å². The first-order chi connectivity index (χ1) is 11.9. The first-order valence-electron chi connectivity index (χ1n) is 9.71. The summed E-state index contributed by atoms with van der Waals surface area (Å²) in [6.07, 6.45) is 13.4. The van der Waals surface area contributed by atoms with Gasteiger partial charge >= 0.3 is 11.9 Å². The van der Waals surface area contributed by atoms with E-state index in [-0.39, 0.29) is 5.97 Å². The molecule has 1 atom stereocenters. The summed E-state index contributed by atoms with van der Waals surface area (Å²) in [4.78, 5) is 23.7. The molecule has 1 aliphatic rings. The highest BCUT2D eigenvalue weighted by Gasteiger charge is 2.36. The number of hydrogen-bond donors (Lipinski definition) is 1. The number of esters is 1. The number of carboxylic acid groups (broad SMARTS) is 1. The van der Waals surface area contributed by atoms with Crippen molar-refractivity contribution in [3.8, 4) is 0 Å². The van der Waals surface area contributed by atoms with E-state index in [4.69, 9.17) is 4.74 Å². The fourth-order valence-corrected chi connectivity index (χ4v) is 3.02. The Balaban J connectivity index is 2.46. The van der Waals surface area contributed by atoms with Crippen LogP contribution in [0.15, 0.2) is 23.8 Å². The first-order valence-corrected chi connectivity index (χ1v) is 9.71. The third-order valence-electron chi connectivity index (χ3n) is 4.82. The van der Waals surface area contributed by atoms with E-state index in [0.717, 1.165) is 38.0 Å². The summed E-state index contributed by atoms with van der Waals surface area (Å²) in [5.74, 6) is -0.426. The molecule has 1 rings (SSSR count). The normalized spacial score (nSPS) is 19.8. The lowest BCUT2D eigenvalue weighted by Crippen LogP contribution is -2.30. The lowest BCUT2D eigenvalue weighted by atomic mass is 9.76. The van der Waals surface area contributed by atoms with Gasteiger partial charge in [-0.15, -0.1) is 0 Å². The van der Waals surface area contributed by atoms with Crippen molar-refractivity contribution < 1.29 is 19.4 Å². The summed E-state index contributed by atoms with van der Waals surface area (Å²) in [7, 11) is 0. The summed E-state index contributed by atoms with van der Waals surface area (Å²) >= 11 is 0. The van der Waals surface area contributed by atoms with E-state index in [1.54, 1.807) is 18.2 Å². The van der Waals surface area contributed by atoms with E-state index < -0.39 is 11.4 Å². The van der Waals surface area contributed by atoms with Crippen LogP contribution in [0.5, 0.6) is 0 Å². The third kappa shape index (κ3) is 7.45. The number of carbonyl (C=O) groups is 2. The Morgan fingerprint density at radius 1 is 1.20 bits per heavy atom. The zero-order valence-electron chi connectivity index (χ0n) is 16.1. The highest BCUT2D eigenvalue weighted by Crippen LogP contribution is 2.36. The molecule has 142 valence electrons. The lowest BCUT2D eigenvalue weighted by molar-refractivity contribution is -0.146. The predicted molar refractivity (Wildman–Crippen MR) is 100 cm³/mol. The van der Waals surface area contributed by atoms with Crippen LogP contribution in [0.1, 0.15) is 78.6 Å². The van der Waals surface area contributed by atoms with Gasteiger partial charge in [-0.1, -0.05) is 77.5 Å². The molecule has 1 N–H and O–H groups in total. The number of ether oxygens (including phenoxy) is 1. The third-order valence-corrected chi connectivity index (χ3v) is 4.82. The molecule has 0 fully saturated rings. The van der Waals surface area contributed by atoms with Crippen molar-refractivity contribution in [3.63, 3.8) is 0 Å². The number of carbonyl (C=O) groups excluding carboxylic acids is 1. The summed E-state index contributed by atoms with van der Waals surface area (Å²) in [6, 6.07) is 0. The fraction of sp³-hybridized carbons (Fsp3) is 0.714. The van der Waals surface area contributed by atoms with Gasteiger partial charge in [-0.25, -0.2) is 4.79 Å². The van der Waals surface area contributed by atoms with Gasteiger partial charge in [-0.3, -0.25) is 4.79 Å². The second kappa shape index (κ2) is 11.1. The van der Waals surface area contributed by atoms with E-state index >= 15 is 0 Å². The minimum absolute atomic E-state index is 0.350. The van der Waals surface area contributed by atoms with Gasteiger partial charge in [0, 0.05) is 0 Å². The van der Waals surface area contributed by atoms with Crippen LogP contribution in [0.3, 0.4) is 0 Å². The molecule has 0 bridgehead atoms. The molecule has 0 aliphatic heterocycles. The van der Waals surface area contributed by atoms with Crippen molar-refractivity contribution in [3.05, 3.63) is 23.8 Å². The Kier molecular flexibility index (Phi) is 9.54. The lowest BCUT2D eigenvalue weighted by Gasteiger charge is -2.27. The number of aliphatic carboxylic acids is 1. The Labute approximate surface area is 152 Å². The minimum Gasteiger partial charge on any atom is -0.481 e. The van der Waals surface area contributed by atoms with E-state index in [9.17, 15) is 14.7 Å². The molecule has 0 spiro atoms.